The van der Waals surface area contributed by atoms with E-state index in [0.29, 0.717) is 18.8 Å². The van der Waals surface area contributed by atoms with Crippen molar-refractivity contribution < 1.29 is 9.13 Å². The van der Waals surface area contributed by atoms with Crippen molar-refractivity contribution in [3.05, 3.63) is 35.6 Å². The summed E-state index contributed by atoms with van der Waals surface area (Å²) < 4.78 is 18.3. The highest BCUT2D eigenvalue weighted by molar-refractivity contribution is 9.09. The molecule has 0 heterocycles. The lowest BCUT2D eigenvalue weighted by Crippen LogP contribution is -1.97. The number of hydrogen-bond donors (Lipinski definition) is 0. The van der Waals surface area contributed by atoms with Gasteiger partial charge in [0.15, 0.2) is 0 Å². The molecule has 0 atom stereocenters. The van der Waals surface area contributed by atoms with Gasteiger partial charge in [-0.25, -0.2) is 4.39 Å². The van der Waals surface area contributed by atoms with Crippen LogP contribution in [0.25, 0.3) is 0 Å². The van der Waals surface area contributed by atoms with E-state index in [1.54, 1.807) is 12.1 Å². The van der Waals surface area contributed by atoms with Crippen LogP contribution < -0.4 is 0 Å². The molecule has 0 radical (unpaired) electrons. The number of hydrogen-bond acceptors (Lipinski definition) is 1. The van der Waals surface area contributed by atoms with Crippen LogP contribution in [-0.4, -0.2) is 11.9 Å². The molecule has 0 amide bonds. The molecule has 0 aliphatic carbocycles. The molecule has 0 bridgehead atoms. The Bertz CT molecular complexity index is 252. The quantitative estimate of drug-likeness (QED) is 0.573. The van der Waals surface area contributed by atoms with Crippen molar-refractivity contribution in [1.82, 2.24) is 0 Å². The summed E-state index contributed by atoms with van der Waals surface area (Å²) in [5, 5.41) is 0.921. The predicted octanol–water partition coefficient (Wildman–Crippen LogP) is 3.13. The smallest absolute Gasteiger partial charge is 0.128 e. The minimum atomic E-state index is -0.193. The van der Waals surface area contributed by atoms with E-state index in [2.05, 4.69) is 15.9 Å². The molecule has 0 aliphatic rings. The van der Waals surface area contributed by atoms with Gasteiger partial charge in [0.05, 0.1) is 6.61 Å². The van der Waals surface area contributed by atoms with Gasteiger partial charge in [0.25, 0.3) is 0 Å². The summed E-state index contributed by atoms with van der Waals surface area (Å²) in [5.41, 5.74) is 0.622. The van der Waals surface area contributed by atoms with Gasteiger partial charge in [-0.2, -0.15) is 0 Å². The van der Waals surface area contributed by atoms with Gasteiger partial charge >= 0.3 is 0 Å². The van der Waals surface area contributed by atoms with Gasteiger partial charge in [-0.15, -0.1) is 0 Å². The van der Waals surface area contributed by atoms with Crippen molar-refractivity contribution in [2.45, 2.75) is 13.0 Å². The largest absolute Gasteiger partial charge is 0.377 e. The highest BCUT2D eigenvalue weighted by Crippen LogP contribution is 2.07. The van der Waals surface area contributed by atoms with Crippen molar-refractivity contribution >= 4 is 15.9 Å². The molecule has 0 N–H and O–H groups in total. The molecule has 1 nitrogen and oxygen atoms in total. The van der Waals surface area contributed by atoms with Crippen molar-refractivity contribution in [3.63, 3.8) is 0 Å². The molecule has 1 aromatic rings. The Morgan fingerprint density at radius 3 is 2.77 bits per heavy atom. The van der Waals surface area contributed by atoms with E-state index in [1.807, 2.05) is 6.07 Å². The molecule has 3 heteroatoms. The first-order valence-electron chi connectivity index (χ1n) is 4.21. The first-order valence-corrected chi connectivity index (χ1v) is 5.34. The van der Waals surface area contributed by atoms with Gasteiger partial charge in [-0.1, -0.05) is 34.1 Å². The molecule has 72 valence electrons. The Morgan fingerprint density at radius 1 is 1.31 bits per heavy atom. The number of alkyl halides is 1. The molecule has 1 aromatic carbocycles. The van der Waals surface area contributed by atoms with Crippen LogP contribution in [0.5, 0.6) is 0 Å². The second-order valence-electron chi connectivity index (χ2n) is 2.69. The van der Waals surface area contributed by atoms with Crippen LogP contribution in [0.2, 0.25) is 0 Å². The van der Waals surface area contributed by atoms with E-state index in [0.717, 1.165) is 11.8 Å². The number of benzene rings is 1. The average molecular weight is 247 g/mol. The van der Waals surface area contributed by atoms with Crippen LogP contribution in [0, 0.1) is 5.82 Å². The molecule has 1 rings (SSSR count). The van der Waals surface area contributed by atoms with Crippen molar-refractivity contribution in [2.24, 2.45) is 0 Å². The molecule has 13 heavy (non-hydrogen) atoms. The van der Waals surface area contributed by atoms with Crippen LogP contribution in [0.3, 0.4) is 0 Å². The van der Waals surface area contributed by atoms with E-state index < -0.39 is 0 Å². The zero-order valence-corrected chi connectivity index (χ0v) is 8.89. The monoisotopic (exact) mass is 246 g/mol. The summed E-state index contributed by atoms with van der Waals surface area (Å²) in [4.78, 5) is 0. The Morgan fingerprint density at radius 2 is 2.08 bits per heavy atom. The molecule has 0 spiro atoms. The van der Waals surface area contributed by atoms with Gasteiger partial charge < -0.3 is 4.74 Å². The van der Waals surface area contributed by atoms with Crippen LogP contribution in [0.1, 0.15) is 12.0 Å². The van der Waals surface area contributed by atoms with E-state index in [-0.39, 0.29) is 5.82 Å². The first-order chi connectivity index (χ1) is 6.34. The predicted molar refractivity (Wildman–Crippen MR) is 54.5 cm³/mol. The third-order valence-electron chi connectivity index (χ3n) is 1.64. The second kappa shape index (κ2) is 6.11. The Labute approximate surface area is 86.0 Å². The van der Waals surface area contributed by atoms with Crippen LogP contribution in [0.15, 0.2) is 24.3 Å². The third-order valence-corrected chi connectivity index (χ3v) is 2.20. The Hall–Kier alpha value is -0.410. The summed E-state index contributed by atoms with van der Waals surface area (Å²) in [7, 11) is 0. The summed E-state index contributed by atoms with van der Waals surface area (Å²) in [5.74, 6) is -0.193. The highest BCUT2D eigenvalue weighted by atomic mass is 79.9. The topological polar surface area (TPSA) is 9.23 Å². The molecule has 0 aliphatic heterocycles. The van der Waals surface area contributed by atoms with Crippen LogP contribution in [0.4, 0.5) is 4.39 Å². The summed E-state index contributed by atoms with van der Waals surface area (Å²) in [6.45, 7) is 1.03. The molecule has 0 saturated carbocycles. The van der Waals surface area contributed by atoms with Gasteiger partial charge in [0, 0.05) is 17.5 Å². The fraction of sp³-hybridized carbons (Fsp3) is 0.400. The summed E-state index contributed by atoms with van der Waals surface area (Å²) >= 11 is 3.30. The fourth-order valence-electron chi connectivity index (χ4n) is 0.954. The van der Waals surface area contributed by atoms with Crippen molar-refractivity contribution in [2.75, 3.05) is 11.9 Å². The molecule has 0 aromatic heterocycles. The van der Waals surface area contributed by atoms with Crippen LogP contribution in [-0.2, 0) is 11.3 Å². The van der Waals surface area contributed by atoms with E-state index in [9.17, 15) is 4.39 Å². The minimum Gasteiger partial charge on any atom is -0.377 e. The minimum absolute atomic E-state index is 0.193. The molecule has 0 saturated heterocycles. The molecule has 0 unspecified atom stereocenters. The number of rotatable bonds is 5. The number of halogens is 2. The molecular formula is C10H12BrFO. The van der Waals surface area contributed by atoms with Crippen molar-refractivity contribution in [1.29, 1.82) is 0 Å². The SMILES string of the molecule is Fc1ccccc1COCCCBr. The fourth-order valence-corrected chi connectivity index (χ4v) is 1.18. The Balaban J connectivity index is 2.32. The number of ether oxygens (including phenoxy) is 1. The van der Waals surface area contributed by atoms with Gasteiger partial charge in [0.1, 0.15) is 5.82 Å². The average Bonchev–Trinajstić information content (AvgIpc) is 2.15. The van der Waals surface area contributed by atoms with Gasteiger partial charge in [0.2, 0.25) is 0 Å². The first kappa shape index (κ1) is 10.7. The lowest BCUT2D eigenvalue weighted by Gasteiger charge is -2.03. The van der Waals surface area contributed by atoms with E-state index in [1.165, 1.54) is 6.07 Å². The van der Waals surface area contributed by atoms with Crippen LogP contribution >= 0.6 is 15.9 Å². The lowest BCUT2D eigenvalue weighted by atomic mass is 10.2. The van der Waals surface area contributed by atoms with E-state index >= 15 is 0 Å². The zero-order valence-electron chi connectivity index (χ0n) is 7.30. The van der Waals surface area contributed by atoms with Crippen molar-refractivity contribution in [3.8, 4) is 0 Å². The van der Waals surface area contributed by atoms with Gasteiger partial charge in [-0.05, 0) is 12.5 Å². The lowest BCUT2D eigenvalue weighted by molar-refractivity contribution is 0.120. The Kier molecular flexibility index (Phi) is 5.01. The highest BCUT2D eigenvalue weighted by Gasteiger charge is 1.99. The molecular weight excluding hydrogens is 235 g/mol. The zero-order chi connectivity index (χ0) is 9.52. The molecule has 0 fully saturated rings. The maximum atomic E-state index is 13.0. The summed E-state index contributed by atoms with van der Waals surface area (Å²) in [6.07, 6.45) is 0.953. The standard InChI is InChI=1S/C10H12BrFO/c11-6-3-7-13-8-9-4-1-2-5-10(9)12/h1-2,4-5H,3,6-8H2. The van der Waals surface area contributed by atoms with Gasteiger partial charge in [-0.3, -0.25) is 0 Å². The second-order valence-corrected chi connectivity index (χ2v) is 3.48. The van der Waals surface area contributed by atoms with E-state index in [4.69, 9.17) is 4.74 Å². The third kappa shape index (κ3) is 3.87. The maximum absolute atomic E-state index is 13.0. The summed E-state index contributed by atoms with van der Waals surface area (Å²) in [6, 6.07) is 6.68. The maximum Gasteiger partial charge on any atom is 0.128 e. The normalized spacial score (nSPS) is 10.3.